The van der Waals surface area contributed by atoms with Crippen LogP contribution in [0.15, 0.2) is 35.6 Å². The predicted octanol–water partition coefficient (Wildman–Crippen LogP) is 2.29. The number of H-pyrrole nitrogens is 1. The van der Waals surface area contributed by atoms with Crippen molar-refractivity contribution >= 4 is 26.6 Å². The number of benzene rings is 1. The molecule has 0 fully saturated rings. The Balaban J connectivity index is 1.96. The summed E-state index contributed by atoms with van der Waals surface area (Å²) in [4.78, 5) is 3.00. The zero-order valence-electron chi connectivity index (χ0n) is 14.4. The second-order valence-electron chi connectivity index (χ2n) is 6.12. The number of nitriles is 1. The van der Waals surface area contributed by atoms with E-state index in [-0.39, 0.29) is 17.5 Å². The van der Waals surface area contributed by atoms with Crippen LogP contribution in [0.3, 0.4) is 0 Å². The van der Waals surface area contributed by atoms with E-state index in [9.17, 15) is 13.7 Å². The van der Waals surface area contributed by atoms with Gasteiger partial charge in [0.15, 0.2) is 0 Å². The summed E-state index contributed by atoms with van der Waals surface area (Å²) in [5.74, 6) is 0. The smallest absolute Gasteiger partial charge is 0.265 e. The number of aromatic amines is 1. The molecule has 1 atom stereocenters. The van der Waals surface area contributed by atoms with E-state index < -0.39 is 10.0 Å². The molecule has 2 aromatic heterocycles. The van der Waals surface area contributed by atoms with Gasteiger partial charge in [-0.1, -0.05) is 6.07 Å². The van der Waals surface area contributed by atoms with Crippen molar-refractivity contribution in [3.05, 3.63) is 41.9 Å². The van der Waals surface area contributed by atoms with Gasteiger partial charge in [-0.3, -0.25) is 9.40 Å². The second kappa shape index (κ2) is 6.82. The van der Waals surface area contributed by atoms with Gasteiger partial charge in [0.1, 0.15) is 11.0 Å². The lowest BCUT2D eigenvalue weighted by molar-refractivity contribution is 0.257. The Bertz CT molecular complexity index is 1090. The van der Waals surface area contributed by atoms with E-state index in [1.807, 2.05) is 13.8 Å². The molecule has 0 aliphatic heterocycles. The maximum absolute atomic E-state index is 12.7. The third-order valence-corrected chi connectivity index (χ3v) is 5.62. The van der Waals surface area contributed by atoms with Crippen molar-refractivity contribution in [2.45, 2.75) is 31.2 Å². The van der Waals surface area contributed by atoms with E-state index >= 15 is 0 Å². The van der Waals surface area contributed by atoms with Gasteiger partial charge in [0, 0.05) is 24.4 Å². The maximum atomic E-state index is 12.7. The number of anilines is 1. The fourth-order valence-corrected chi connectivity index (χ4v) is 3.83. The molecule has 0 saturated heterocycles. The third-order valence-electron chi connectivity index (χ3n) is 4.30. The van der Waals surface area contributed by atoms with Crippen molar-refractivity contribution in [1.82, 2.24) is 14.8 Å². The van der Waals surface area contributed by atoms with Crippen LogP contribution >= 0.6 is 0 Å². The summed E-state index contributed by atoms with van der Waals surface area (Å²) >= 11 is 0. The molecule has 9 heteroatoms. The molecule has 0 spiro atoms. The van der Waals surface area contributed by atoms with Crippen LogP contribution in [0, 0.1) is 18.3 Å². The van der Waals surface area contributed by atoms with E-state index in [1.54, 1.807) is 18.3 Å². The zero-order valence-corrected chi connectivity index (χ0v) is 15.2. The molecule has 26 heavy (non-hydrogen) atoms. The molecule has 3 aromatic rings. The van der Waals surface area contributed by atoms with Crippen LogP contribution in [0.5, 0.6) is 0 Å². The summed E-state index contributed by atoms with van der Waals surface area (Å²) in [6.07, 6.45) is 4.75. The Morgan fingerprint density at radius 2 is 2.23 bits per heavy atom. The highest BCUT2D eigenvalue weighted by atomic mass is 32.2. The standard InChI is InChI=1S/C17H19N5O3S/c1-11-3-4-15(17-16(11)13(7-18)8-19-17)21-26(24,25)14-9-20-22(10-14)12(2)5-6-23/h3-4,8-10,12,19,21,23H,5-6H2,1-2H3. The normalized spacial score (nSPS) is 12.8. The number of aliphatic hydroxyl groups excluding tert-OH is 1. The number of aryl methyl sites for hydroxylation is 1. The molecule has 1 unspecified atom stereocenters. The summed E-state index contributed by atoms with van der Waals surface area (Å²) in [7, 11) is -3.84. The molecule has 0 aliphatic rings. The molecular formula is C17H19N5O3S. The SMILES string of the molecule is Cc1ccc(NS(=O)(=O)c2cnn(C(C)CCO)c2)c2[nH]cc(C#N)c12. The van der Waals surface area contributed by atoms with Gasteiger partial charge >= 0.3 is 0 Å². The average Bonchev–Trinajstić information content (AvgIpc) is 3.25. The molecule has 3 N–H and O–H groups in total. The quantitative estimate of drug-likeness (QED) is 0.611. The summed E-state index contributed by atoms with van der Waals surface area (Å²) < 4.78 is 29.5. The first-order valence-electron chi connectivity index (χ1n) is 8.06. The van der Waals surface area contributed by atoms with Gasteiger partial charge in [-0.05, 0) is 31.9 Å². The van der Waals surface area contributed by atoms with Crippen molar-refractivity contribution < 1.29 is 13.5 Å². The monoisotopic (exact) mass is 373 g/mol. The molecule has 0 saturated carbocycles. The Hall–Kier alpha value is -2.83. The van der Waals surface area contributed by atoms with E-state index in [1.165, 1.54) is 17.1 Å². The molecule has 0 radical (unpaired) electrons. The molecule has 0 bridgehead atoms. The molecule has 136 valence electrons. The first-order chi connectivity index (χ1) is 12.4. The van der Waals surface area contributed by atoms with Crippen molar-refractivity contribution in [3.8, 4) is 6.07 Å². The average molecular weight is 373 g/mol. The fourth-order valence-electron chi connectivity index (χ4n) is 2.82. The van der Waals surface area contributed by atoms with Crippen molar-refractivity contribution in [2.75, 3.05) is 11.3 Å². The predicted molar refractivity (Wildman–Crippen MR) is 97.2 cm³/mol. The van der Waals surface area contributed by atoms with Gasteiger partial charge in [-0.15, -0.1) is 0 Å². The number of hydrogen-bond donors (Lipinski definition) is 3. The number of sulfonamides is 1. The number of aromatic nitrogens is 3. The lowest BCUT2D eigenvalue weighted by Crippen LogP contribution is -2.13. The van der Waals surface area contributed by atoms with Crippen molar-refractivity contribution in [2.24, 2.45) is 0 Å². The summed E-state index contributed by atoms with van der Waals surface area (Å²) in [5.41, 5.74) is 2.27. The Morgan fingerprint density at radius 1 is 1.46 bits per heavy atom. The van der Waals surface area contributed by atoms with Crippen LogP contribution in [0.25, 0.3) is 10.9 Å². The molecule has 0 amide bonds. The minimum absolute atomic E-state index is 0.00322. The zero-order chi connectivity index (χ0) is 18.9. The van der Waals surface area contributed by atoms with Crippen LogP contribution in [0.4, 0.5) is 5.69 Å². The van der Waals surface area contributed by atoms with Gasteiger partial charge in [-0.25, -0.2) is 8.42 Å². The fraction of sp³-hybridized carbons (Fsp3) is 0.294. The Morgan fingerprint density at radius 3 is 2.92 bits per heavy atom. The summed E-state index contributed by atoms with van der Waals surface area (Å²) in [5, 5.41) is 23.0. The van der Waals surface area contributed by atoms with Gasteiger partial charge in [0.05, 0.1) is 29.0 Å². The second-order valence-corrected chi connectivity index (χ2v) is 7.80. The molecular weight excluding hydrogens is 354 g/mol. The van der Waals surface area contributed by atoms with Gasteiger partial charge in [0.2, 0.25) is 0 Å². The molecule has 2 heterocycles. The van der Waals surface area contributed by atoms with Crippen LogP contribution in [0.2, 0.25) is 0 Å². The number of rotatable bonds is 6. The number of nitrogens with one attached hydrogen (secondary N) is 2. The molecule has 8 nitrogen and oxygen atoms in total. The highest BCUT2D eigenvalue weighted by Gasteiger charge is 2.20. The Kier molecular flexibility index (Phi) is 4.71. The minimum atomic E-state index is -3.84. The van der Waals surface area contributed by atoms with Gasteiger partial charge in [0.25, 0.3) is 10.0 Å². The Labute approximate surface area is 151 Å². The summed E-state index contributed by atoms with van der Waals surface area (Å²) in [6.45, 7) is 3.71. The van der Waals surface area contributed by atoms with Crippen LogP contribution in [-0.2, 0) is 10.0 Å². The number of fused-ring (bicyclic) bond motifs is 1. The lowest BCUT2D eigenvalue weighted by Gasteiger charge is -2.10. The highest BCUT2D eigenvalue weighted by molar-refractivity contribution is 7.92. The van der Waals surface area contributed by atoms with Gasteiger partial charge < -0.3 is 10.1 Å². The first kappa shape index (κ1) is 18.0. The van der Waals surface area contributed by atoms with E-state index in [0.717, 1.165) is 5.56 Å². The number of nitrogens with zero attached hydrogens (tertiary/aromatic N) is 3. The van der Waals surface area contributed by atoms with Crippen LogP contribution in [-0.4, -0.2) is 34.9 Å². The van der Waals surface area contributed by atoms with Gasteiger partial charge in [-0.2, -0.15) is 10.4 Å². The maximum Gasteiger partial charge on any atom is 0.265 e. The number of aliphatic hydroxyl groups is 1. The summed E-state index contributed by atoms with van der Waals surface area (Å²) in [6, 6.07) is 5.41. The van der Waals surface area contributed by atoms with Crippen LogP contribution in [0.1, 0.15) is 30.5 Å². The lowest BCUT2D eigenvalue weighted by atomic mass is 10.1. The van der Waals surface area contributed by atoms with Crippen molar-refractivity contribution in [1.29, 1.82) is 5.26 Å². The van der Waals surface area contributed by atoms with E-state index in [2.05, 4.69) is 20.9 Å². The molecule has 1 aromatic carbocycles. The van der Waals surface area contributed by atoms with Crippen molar-refractivity contribution in [3.63, 3.8) is 0 Å². The first-order valence-corrected chi connectivity index (χ1v) is 9.54. The molecule has 0 aliphatic carbocycles. The van der Waals surface area contributed by atoms with E-state index in [0.29, 0.717) is 28.6 Å². The molecule has 3 rings (SSSR count). The van der Waals surface area contributed by atoms with Crippen LogP contribution < -0.4 is 4.72 Å². The topological polar surface area (TPSA) is 124 Å². The largest absolute Gasteiger partial charge is 0.396 e. The minimum Gasteiger partial charge on any atom is -0.396 e. The van der Waals surface area contributed by atoms with E-state index in [4.69, 9.17) is 5.11 Å². The highest BCUT2D eigenvalue weighted by Crippen LogP contribution is 2.30. The third kappa shape index (κ3) is 3.16. The number of hydrogen-bond acceptors (Lipinski definition) is 5.